The molecule has 1 unspecified atom stereocenters. The van der Waals surface area contributed by atoms with Gasteiger partial charge in [0.25, 0.3) is 0 Å². The second kappa shape index (κ2) is 4.87. The largest absolute Gasteiger partial charge is 0.447 e. The Balaban J connectivity index is 2.57. The van der Waals surface area contributed by atoms with Crippen LogP contribution in [-0.4, -0.2) is 30.2 Å². The first-order valence-corrected chi connectivity index (χ1v) is 6.52. The third kappa shape index (κ3) is 4.97. The minimum Gasteiger partial charge on any atom is -0.447 e. The lowest BCUT2D eigenvalue weighted by Crippen LogP contribution is -2.38. The Morgan fingerprint density at radius 3 is 2.24 bits per heavy atom. The van der Waals surface area contributed by atoms with Crippen molar-refractivity contribution in [3.63, 3.8) is 0 Å². The van der Waals surface area contributed by atoms with Crippen LogP contribution >= 0.6 is 0 Å². The molecule has 0 spiro atoms. The van der Waals surface area contributed by atoms with E-state index in [2.05, 4.69) is 41.5 Å². The summed E-state index contributed by atoms with van der Waals surface area (Å²) >= 11 is 0. The highest BCUT2D eigenvalue weighted by molar-refractivity contribution is 5.70. The highest BCUT2D eigenvalue weighted by Gasteiger charge is 2.35. The van der Waals surface area contributed by atoms with Gasteiger partial charge in [0, 0.05) is 6.54 Å². The van der Waals surface area contributed by atoms with Gasteiger partial charge in [-0.25, -0.2) is 4.79 Å². The highest BCUT2D eigenvalue weighted by Crippen LogP contribution is 2.28. The van der Waals surface area contributed by atoms with E-state index in [4.69, 9.17) is 4.74 Å². The summed E-state index contributed by atoms with van der Waals surface area (Å²) in [6, 6.07) is 0.254. The summed E-state index contributed by atoms with van der Waals surface area (Å²) in [6.07, 6.45) is 1.88. The number of nitrogens with zero attached hydrogens (tertiary/aromatic N) is 1. The molecular formula is C14H27NO2. The molecule has 0 aromatic carbocycles. The molecule has 1 fully saturated rings. The van der Waals surface area contributed by atoms with E-state index in [-0.39, 0.29) is 23.0 Å². The Morgan fingerprint density at radius 2 is 1.76 bits per heavy atom. The lowest BCUT2D eigenvalue weighted by atomic mass is 9.87. The molecule has 1 rings (SSSR count). The molecular weight excluding hydrogens is 214 g/mol. The van der Waals surface area contributed by atoms with Gasteiger partial charge in [0.15, 0.2) is 0 Å². The molecule has 0 aliphatic carbocycles. The van der Waals surface area contributed by atoms with Crippen molar-refractivity contribution >= 4 is 6.09 Å². The van der Waals surface area contributed by atoms with Crippen molar-refractivity contribution in [2.75, 3.05) is 13.2 Å². The molecule has 0 aromatic heterocycles. The molecule has 1 amide bonds. The Morgan fingerprint density at radius 1 is 1.18 bits per heavy atom. The predicted octanol–water partition coefficient (Wildman–Crippen LogP) is 3.68. The number of hydrogen-bond donors (Lipinski definition) is 0. The molecule has 1 aliphatic heterocycles. The monoisotopic (exact) mass is 241 g/mol. The fourth-order valence-electron chi connectivity index (χ4n) is 2.10. The quantitative estimate of drug-likeness (QED) is 0.754. The van der Waals surface area contributed by atoms with Gasteiger partial charge in [-0.2, -0.15) is 0 Å². The Kier molecular flexibility index (Phi) is 4.11. The van der Waals surface area contributed by atoms with E-state index in [1.807, 2.05) is 4.90 Å². The van der Waals surface area contributed by atoms with Crippen molar-refractivity contribution in [3.8, 4) is 0 Å². The molecule has 3 heteroatoms. The van der Waals surface area contributed by atoms with Gasteiger partial charge in [-0.05, 0) is 23.7 Å². The highest BCUT2D eigenvalue weighted by atomic mass is 16.6. The number of carbonyl (C=O) groups is 1. The third-order valence-electron chi connectivity index (χ3n) is 3.03. The summed E-state index contributed by atoms with van der Waals surface area (Å²) in [5, 5.41) is 0. The molecule has 17 heavy (non-hydrogen) atoms. The molecule has 1 atom stereocenters. The fraction of sp³-hybridized carbons (Fsp3) is 0.929. The van der Waals surface area contributed by atoms with E-state index in [9.17, 15) is 4.79 Å². The van der Waals surface area contributed by atoms with E-state index >= 15 is 0 Å². The average molecular weight is 241 g/mol. The first kappa shape index (κ1) is 14.3. The van der Waals surface area contributed by atoms with Gasteiger partial charge >= 0.3 is 6.09 Å². The van der Waals surface area contributed by atoms with Gasteiger partial charge in [0.1, 0.15) is 6.61 Å². The summed E-state index contributed by atoms with van der Waals surface area (Å²) in [5.41, 5.74) is 0.494. The number of carbonyl (C=O) groups excluding carboxylic acids is 1. The second-order valence-corrected chi connectivity index (χ2v) is 7.50. The van der Waals surface area contributed by atoms with E-state index in [1.54, 1.807) is 0 Å². The molecule has 0 radical (unpaired) electrons. The fourth-order valence-corrected chi connectivity index (χ4v) is 2.10. The minimum atomic E-state index is -0.136. The van der Waals surface area contributed by atoms with Crippen molar-refractivity contribution in [2.24, 2.45) is 10.8 Å². The van der Waals surface area contributed by atoms with Crippen LogP contribution in [0.4, 0.5) is 4.79 Å². The van der Waals surface area contributed by atoms with Gasteiger partial charge in [0.05, 0.1) is 6.04 Å². The number of hydrogen-bond acceptors (Lipinski definition) is 2. The van der Waals surface area contributed by atoms with Gasteiger partial charge in [0.2, 0.25) is 0 Å². The maximum atomic E-state index is 11.7. The first-order chi connectivity index (χ1) is 7.58. The maximum Gasteiger partial charge on any atom is 0.410 e. The van der Waals surface area contributed by atoms with Gasteiger partial charge in [-0.15, -0.1) is 0 Å². The topological polar surface area (TPSA) is 29.5 Å². The van der Waals surface area contributed by atoms with Crippen LogP contribution in [0.2, 0.25) is 0 Å². The lowest BCUT2D eigenvalue weighted by molar-refractivity contribution is 0.151. The van der Waals surface area contributed by atoms with Crippen LogP contribution in [0, 0.1) is 10.8 Å². The van der Waals surface area contributed by atoms with Crippen molar-refractivity contribution < 1.29 is 9.53 Å². The standard InChI is InChI=1S/C14H27NO2/c1-13(2,3)7-8-15-11(9-14(4,5)6)10-17-12(15)16/h11H,7-10H2,1-6H3. The summed E-state index contributed by atoms with van der Waals surface area (Å²) < 4.78 is 5.18. The Bertz CT molecular complexity index is 273. The van der Waals surface area contributed by atoms with Crippen LogP contribution in [0.15, 0.2) is 0 Å². The number of cyclic esters (lactones) is 1. The predicted molar refractivity (Wildman–Crippen MR) is 70.0 cm³/mol. The lowest BCUT2D eigenvalue weighted by Gasteiger charge is -2.29. The average Bonchev–Trinajstić information content (AvgIpc) is 2.40. The van der Waals surface area contributed by atoms with Crippen molar-refractivity contribution in [3.05, 3.63) is 0 Å². The van der Waals surface area contributed by atoms with Crippen LogP contribution in [0.1, 0.15) is 54.4 Å². The molecule has 1 aliphatic rings. The molecule has 0 aromatic rings. The van der Waals surface area contributed by atoms with Crippen molar-refractivity contribution in [1.82, 2.24) is 4.90 Å². The first-order valence-electron chi connectivity index (χ1n) is 6.52. The number of amides is 1. The van der Waals surface area contributed by atoms with Gasteiger partial charge in [-0.1, -0.05) is 41.5 Å². The molecule has 0 saturated carbocycles. The van der Waals surface area contributed by atoms with Crippen LogP contribution in [0.3, 0.4) is 0 Å². The molecule has 1 heterocycles. The molecule has 100 valence electrons. The summed E-state index contributed by atoms with van der Waals surface area (Å²) in [4.78, 5) is 13.6. The van der Waals surface area contributed by atoms with Crippen LogP contribution in [-0.2, 0) is 4.74 Å². The SMILES string of the molecule is CC(C)(C)CCN1C(=O)OCC1CC(C)(C)C. The van der Waals surface area contributed by atoms with Crippen molar-refractivity contribution in [1.29, 1.82) is 0 Å². The smallest absolute Gasteiger partial charge is 0.410 e. The van der Waals surface area contributed by atoms with Gasteiger partial charge < -0.3 is 9.64 Å². The summed E-state index contributed by atoms with van der Waals surface area (Å²) in [6.45, 7) is 14.6. The van der Waals surface area contributed by atoms with Crippen molar-refractivity contribution in [2.45, 2.75) is 60.4 Å². The van der Waals surface area contributed by atoms with Crippen LogP contribution in [0.5, 0.6) is 0 Å². The minimum absolute atomic E-state index is 0.136. The summed E-state index contributed by atoms with van der Waals surface area (Å²) in [5.74, 6) is 0. The zero-order chi connectivity index (χ0) is 13.3. The zero-order valence-corrected chi connectivity index (χ0v) is 12.2. The number of rotatable bonds is 3. The number of ether oxygens (including phenoxy) is 1. The maximum absolute atomic E-state index is 11.7. The Hall–Kier alpha value is -0.730. The van der Waals surface area contributed by atoms with Crippen LogP contribution in [0.25, 0.3) is 0 Å². The second-order valence-electron chi connectivity index (χ2n) is 7.50. The van der Waals surface area contributed by atoms with E-state index in [0.29, 0.717) is 6.61 Å². The zero-order valence-electron chi connectivity index (χ0n) is 12.2. The Labute approximate surface area is 106 Å². The van der Waals surface area contributed by atoms with E-state index < -0.39 is 0 Å². The van der Waals surface area contributed by atoms with E-state index in [1.165, 1.54) is 0 Å². The third-order valence-corrected chi connectivity index (χ3v) is 3.03. The molecule has 0 bridgehead atoms. The van der Waals surface area contributed by atoms with E-state index in [0.717, 1.165) is 19.4 Å². The summed E-state index contributed by atoms with van der Waals surface area (Å²) in [7, 11) is 0. The normalized spacial score (nSPS) is 21.9. The van der Waals surface area contributed by atoms with Gasteiger partial charge in [-0.3, -0.25) is 0 Å². The van der Waals surface area contributed by atoms with Crippen LogP contribution < -0.4 is 0 Å². The molecule has 3 nitrogen and oxygen atoms in total. The molecule has 1 saturated heterocycles. The molecule has 0 N–H and O–H groups in total.